The molecular formula is CH3I3OS2. The summed E-state index contributed by atoms with van der Waals surface area (Å²) >= 11 is 5.89. The van der Waals surface area contributed by atoms with Crippen LogP contribution in [0.1, 0.15) is 0 Å². The van der Waals surface area contributed by atoms with Crippen LogP contribution in [0.3, 0.4) is 0 Å². The summed E-state index contributed by atoms with van der Waals surface area (Å²) in [7, 11) is 1.40. The minimum absolute atomic E-state index is 1.40. The van der Waals surface area contributed by atoms with E-state index in [0.717, 1.165) is 0 Å². The average molecular weight is 476 g/mol. The maximum absolute atomic E-state index is 11.1. The Labute approximate surface area is 82.7 Å². The maximum atomic E-state index is 11.1. The molecule has 0 bridgehead atoms. The first kappa shape index (κ1) is 9.69. The van der Waals surface area contributed by atoms with E-state index in [9.17, 15) is 4.21 Å². The standard InChI is InChI=1S/CH3I3OS2/c1-6-7(2,3,4)5/h1H3. The van der Waals surface area contributed by atoms with E-state index in [1.54, 1.807) is 0 Å². The predicted molar refractivity (Wildman–Crippen MR) is 63.7 cm³/mol. The third-order valence-corrected chi connectivity index (χ3v) is 12.0. The Morgan fingerprint density at radius 2 is 1.57 bits per heavy atom. The van der Waals surface area contributed by atoms with Gasteiger partial charge in [0.25, 0.3) is 0 Å². The van der Waals surface area contributed by atoms with E-state index in [0.29, 0.717) is 0 Å². The first-order valence-electron chi connectivity index (χ1n) is 1.20. The Bertz CT molecular complexity index is 114. The van der Waals surface area contributed by atoms with Crippen LogP contribution < -0.4 is 0 Å². The Morgan fingerprint density at radius 3 is 1.57 bits per heavy atom. The Hall–Kier alpha value is 2.69. The molecule has 0 rings (SSSR count). The molecule has 0 aliphatic heterocycles. The van der Waals surface area contributed by atoms with Gasteiger partial charge in [-0.15, -0.1) is 0 Å². The molecule has 0 saturated carbocycles. The molecule has 0 aromatic carbocycles. The van der Waals surface area contributed by atoms with E-state index in [1.807, 2.05) is 69.9 Å². The van der Waals surface area contributed by atoms with Crippen molar-refractivity contribution in [1.29, 1.82) is 0 Å². The second kappa shape index (κ2) is 2.74. The third-order valence-electron chi connectivity index (χ3n) is 0.257. The lowest BCUT2D eigenvalue weighted by molar-refractivity contribution is 0.698. The zero-order valence-electron chi connectivity index (χ0n) is 3.36. The lowest BCUT2D eigenvalue weighted by atomic mass is 12.0. The molecule has 7 heavy (non-hydrogen) atoms. The zero-order chi connectivity index (χ0) is 6.15. The molecule has 6 heteroatoms. The van der Waals surface area contributed by atoms with Gasteiger partial charge in [-0.05, 0) is 6.26 Å². The van der Waals surface area contributed by atoms with Crippen LogP contribution in [0, 0.1) is 0 Å². The lowest BCUT2D eigenvalue weighted by Crippen LogP contribution is -1.90. The second-order valence-corrected chi connectivity index (χ2v) is 40.9. The van der Waals surface area contributed by atoms with Crippen LogP contribution in [-0.2, 0) is -0.388 Å². The highest BCUT2D eigenvalue weighted by atomic mass is 127. The summed E-state index contributed by atoms with van der Waals surface area (Å²) in [4.78, 5) is 0. The van der Waals surface area contributed by atoms with Crippen LogP contribution in [0.25, 0.3) is 0 Å². The predicted octanol–water partition coefficient (Wildman–Crippen LogP) is 3.13. The van der Waals surface area contributed by atoms with Gasteiger partial charge in [0, 0.05) is 63.6 Å². The SMILES string of the molecule is CSS(=O)(I)(I)I. The van der Waals surface area contributed by atoms with Crippen molar-refractivity contribution in [2.24, 2.45) is 0 Å². The highest BCUT2D eigenvalue weighted by Gasteiger charge is 2.22. The van der Waals surface area contributed by atoms with E-state index in [1.165, 1.54) is 10.8 Å². The van der Waals surface area contributed by atoms with Crippen molar-refractivity contribution in [3.63, 3.8) is 0 Å². The normalized spacial score (nSPS) is 18.0. The minimum atomic E-state index is -2.29. The molecule has 0 aliphatic rings. The number of hydrogen-bond acceptors (Lipinski definition) is 2. The van der Waals surface area contributed by atoms with Gasteiger partial charge in [-0.2, -0.15) is 0 Å². The summed E-state index contributed by atoms with van der Waals surface area (Å²) in [6.45, 7) is 0. The molecule has 0 heterocycles. The van der Waals surface area contributed by atoms with Crippen molar-refractivity contribution in [2.75, 3.05) is 6.26 Å². The van der Waals surface area contributed by atoms with E-state index in [4.69, 9.17) is 0 Å². The summed E-state index contributed by atoms with van der Waals surface area (Å²) in [6.07, 6.45) is 1.85. The topological polar surface area (TPSA) is 17.1 Å². The fraction of sp³-hybridized carbons (Fsp3) is 1.00. The molecule has 0 aliphatic carbocycles. The molecule has 0 radical (unpaired) electrons. The van der Waals surface area contributed by atoms with Crippen LogP contribution in [0.5, 0.6) is 0 Å². The quantitative estimate of drug-likeness (QED) is 0.329. The van der Waals surface area contributed by atoms with Gasteiger partial charge in [0.05, 0.1) is -0.388 Å². The molecule has 46 valence electrons. The smallest absolute Gasteiger partial charge is 0.0865 e. The van der Waals surface area contributed by atoms with Gasteiger partial charge in [-0.3, -0.25) is 0 Å². The van der Waals surface area contributed by atoms with Gasteiger partial charge in [0.15, 0.2) is 0 Å². The van der Waals surface area contributed by atoms with Gasteiger partial charge in [0.2, 0.25) is 0 Å². The molecule has 0 saturated heterocycles. The lowest BCUT2D eigenvalue weighted by Gasteiger charge is -2.15. The highest BCUT2D eigenvalue weighted by molar-refractivity contribution is 14.5. The first-order chi connectivity index (χ1) is 2.81. The highest BCUT2D eigenvalue weighted by Crippen LogP contribution is 2.58. The van der Waals surface area contributed by atoms with Gasteiger partial charge >= 0.3 is 0 Å². The van der Waals surface area contributed by atoms with E-state index in [2.05, 4.69) is 0 Å². The van der Waals surface area contributed by atoms with Crippen LogP contribution >= 0.6 is 74.4 Å². The van der Waals surface area contributed by atoms with Crippen molar-refractivity contribution in [1.82, 2.24) is 0 Å². The number of hydrogen-bond donors (Lipinski definition) is 0. The van der Waals surface area contributed by atoms with E-state index >= 15 is 0 Å². The van der Waals surface area contributed by atoms with Gasteiger partial charge < -0.3 is 0 Å². The van der Waals surface area contributed by atoms with Crippen LogP contribution in [-0.4, -0.2) is 10.5 Å². The molecule has 0 unspecified atom stereocenters. The monoisotopic (exact) mass is 476 g/mol. The minimum Gasteiger partial charge on any atom is -0.244 e. The molecular weight excluding hydrogens is 473 g/mol. The molecule has 0 atom stereocenters. The number of rotatable bonds is 1. The van der Waals surface area contributed by atoms with Crippen molar-refractivity contribution < 1.29 is 4.21 Å². The summed E-state index contributed by atoms with van der Waals surface area (Å²) in [5, 5.41) is 0. The molecule has 1 nitrogen and oxygen atoms in total. The molecule has 0 fully saturated rings. The molecule has 0 aromatic heterocycles. The Kier molecular flexibility index (Phi) is 3.80. The van der Waals surface area contributed by atoms with Gasteiger partial charge in [-0.1, -0.05) is 10.8 Å². The molecule has 0 spiro atoms. The zero-order valence-corrected chi connectivity index (χ0v) is 11.5. The molecule has 0 amide bonds. The Morgan fingerprint density at radius 1 is 1.43 bits per heavy atom. The van der Waals surface area contributed by atoms with Gasteiger partial charge in [-0.25, -0.2) is 4.21 Å². The van der Waals surface area contributed by atoms with Gasteiger partial charge in [0.1, 0.15) is 0 Å². The van der Waals surface area contributed by atoms with Crippen LogP contribution in [0.4, 0.5) is 0 Å². The molecule has 0 aromatic rings. The summed E-state index contributed by atoms with van der Waals surface area (Å²) in [6, 6.07) is 0. The largest absolute Gasteiger partial charge is 0.244 e. The third kappa shape index (κ3) is 8.69. The fourth-order valence-electron chi connectivity index (χ4n) is 0. The van der Waals surface area contributed by atoms with E-state index in [-0.39, 0.29) is 0 Å². The maximum Gasteiger partial charge on any atom is 0.0865 e. The summed E-state index contributed by atoms with van der Waals surface area (Å²) < 4.78 is 8.79. The van der Waals surface area contributed by atoms with Crippen molar-refractivity contribution in [3.8, 4) is 0 Å². The van der Waals surface area contributed by atoms with E-state index < -0.39 is -0.388 Å². The second-order valence-electron chi connectivity index (χ2n) is 0.788. The first-order valence-corrected chi connectivity index (χ1v) is 12.5. The summed E-state index contributed by atoms with van der Waals surface area (Å²) in [5.74, 6) is 0. The van der Waals surface area contributed by atoms with Crippen molar-refractivity contribution >= 4 is 74.0 Å². The average Bonchev–Trinajstić information content (AvgIpc) is 1.32. The number of halogens is 3. The fourth-order valence-corrected chi connectivity index (χ4v) is 0. The molecule has 0 N–H and O–H groups in total. The van der Waals surface area contributed by atoms with Crippen LogP contribution in [0.2, 0.25) is 0 Å². The van der Waals surface area contributed by atoms with Crippen molar-refractivity contribution in [3.05, 3.63) is 0 Å². The van der Waals surface area contributed by atoms with Crippen LogP contribution in [0.15, 0.2) is 0 Å². The Balaban J connectivity index is 4.14. The summed E-state index contributed by atoms with van der Waals surface area (Å²) in [5.41, 5.74) is 0. The van der Waals surface area contributed by atoms with Crippen molar-refractivity contribution in [2.45, 2.75) is 0 Å².